The van der Waals surface area contributed by atoms with Crippen molar-refractivity contribution in [3.63, 3.8) is 0 Å². The van der Waals surface area contributed by atoms with Crippen LogP contribution in [0.25, 0.3) is 0 Å². The van der Waals surface area contributed by atoms with Crippen LogP contribution in [-0.4, -0.2) is 39.6 Å². The Bertz CT molecular complexity index is 427. The number of ketones is 1. The number of esters is 1. The Kier molecular flexibility index (Phi) is 4.86. The molecule has 0 aromatic carbocycles. The molecular weight excluding hydrogens is 260 g/mol. The summed E-state index contributed by atoms with van der Waals surface area (Å²) in [6, 6.07) is 0. The predicted octanol–water partition coefficient (Wildman–Crippen LogP) is 0.655. The van der Waals surface area contributed by atoms with Gasteiger partial charge in [0.15, 0.2) is 11.2 Å². The molecule has 0 bridgehead atoms. The molecule has 1 unspecified atom stereocenters. The molecule has 104 valence electrons. The van der Waals surface area contributed by atoms with E-state index in [2.05, 4.69) is 4.18 Å². The van der Waals surface area contributed by atoms with E-state index in [9.17, 15) is 18.0 Å². The summed E-state index contributed by atoms with van der Waals surface area (Å²) in [5.74, 6) is -0.978. The smallest absolute Gasteiger partial charge is 0.322 e. The van der Waals surface area contributed by atoms with Gasteiger partial charge in [0.1, 0.15) is 0 Å². The van der Waals surface area contributed by atoms with Crippen molar-refractivity contribution < 1.29 is 26.9 Å². The minimum atomic E-state index is -3.69. The maximum Gasteiger partial charge on any atom is 0.322 e. The Morgan fingerprint density at radius 1 is 1.39 bits per heavy atom. The van der Waals surface area contributed by atoms with Gasteiger partial charge in [-0.1, -0.05) is 6.42 Å². The lowest BCUT2D eigenvalue weighted by molar-refractivity contribution is -0.164. The van der Waals surface area contributed by atoms with E-state index in [1.165, 1.54) is 0 Å². The van der Waals surface area contributed by atoms with Crippen LogP contribution in [0.15, 0.2) is 0 Å². The number of rotatable bonds is 5. The Labute approximate surface area is 107 Å². The largest absolute Gasteiger partial charge is 0.465 e. The molecule has 0 aromatic rings. The van der Waals surface area contributed by atoms with Crippen LogP contribution in [-0.2, 0) is 28.6 Å². The van der Waals surface area contributed by atoms with Crippen molar-refractivity contribution in [2.45, 2.75) is 32.6 Å². The van der Waals surface area contributed by atoms with Crippen LogP contribution in [0, 0.1) is 5.41 Å². The van der Waals surface area contributed by atoms with E-state index in [1.54, 1.807) is 6.92 Å². The molecule has 1 aliphatic rings. The zero-order valence-corrected chi connectivity index (χ0v) is 11.4. The molecule has 0 amide bonds. The fraction of sp³-hybridized carbons (Fsp3) is 0.818. The molecule has 1 saturated carbocycles. The number of carbonyl (C=O) groups is 2. The molecule has 0 saturated heterocycles. The van der Waals surface area contributed by atoms with Crippen LogP contribution in [0.1, 0.15) is 32.6 Å². The van der Waals surface area contributed by atoms with E-state index in [0.717, 1.165) is 6.26 Å². The first-order chi connectivity index (χ1) is 8.32. The molecule has 0 N–H and O–H groups in total. The Hall–Kier alpha value is -0.950. The standard InChI is InChI=1S/C11H18O6S/c1-3-16-10(13)11(8-17-18(2,14)15)7-5-4-6-9(11)12/h3-8H2,1-2H3. The van der Waals surface area contributed by atoms with Crippen molar-refractivity contribution in [1.82, 2.24) is 0 Å². The van der Waals surface area contributed by atoms with Crippen LogP contribution in [0.4, 0.5) is 0 Å². The second kappa shape index (κ2) is 5.79. The van der Waals surface area contributed by atoms with Crippen molar-refractivity contribution in [2.75, 3.05) is 19.5 Å². The first-order valence-electron chi connectivity index (χ1n) is 5.87. The third-order valence-corrected chi connectivity index (χ3v) is 3.52. The zero-order chi connectivity index (χ0) is 13.8. The fourth-order valence-electron chi connectivity index (χ4n) is 2.00. The quantitative estimate of drug-likeness (QED) is 0.417. The summed E-state index contributed by atoms with van der Waals surface area (Å²) in [5.41, 5.74) is -1.45. The van der Waals surface area contributed by atoms with Crippen LogP contribution in [0.2, 0.25) is 0 Å². The molecule has 18 heavy (non-hydrogen) atoms. The van der Waals surface area contributed by atoms with Crippen LogP contribution in [0.5, 0.6) is 0 Å². The van der Waals surface area contributed by atoms with E-state index in [4.69, 9.17) is 4.74 Å². The number of carbonyl (C=O) groups excluding carboxylic acids is 2. The highest BCUT2D eigenvalue weighted by molar-refractivity contribution is 7.85. The summed E-state index contributed by atoms with van der Waals surface area (Å²) in [7, 11) is -3.69. The lowest BCUT2D eigenvalue weighted by atomic mass is 9.73. The molecule has 0 aliphatic heterocycles. The van der Waals surface area contributed by atoms with Gasteiger partial charge in [-0.25, -0.2) is 0 Å². The third kappa shape index (κ3) is 3.52. The molecule has 0 heterocycles. The van der Waals surface area contributed by atoms with Crippen molar-refractivity contribution >= 4 is 21.9 Å². The number of hydrogen-bond acceptors (Lipinski definition) is 6. The maximum atomic E-state index is 12.0. The summed E-state index contributed by atoms with van der Waals surface area (Å²) in [4.78, 5) is 23.9. The van der Waals surface area contributed by atoms with Crippen molar-refractivity contribution in [3.8, 4) is 0 Å². The van der Waals surface area contributed by atoms with Crippen molar-refractivity contribution in [3.05, 3.63) is 0 Å². The van der Waals surface area contributed by atoms with Gasteiger partial charge >= 0.3 is 5.97 Å². The van der Waals surface area contributed by atoms with Gasteiger partial charge in [-0.15, -0.1) is 0 Å². The van der Waals surface area contributed by atoms with Crippen molar-refractivity contribution in [2.24, 2.45) is 5.41 Å². The average Bonchev–Trinajstić information content (AvgIpc) is 2.27. The molecule has 6 nitrogen and oxygen atoms in total. The highest BCUT2D eigenvalue weighted by Crippen LogP contribution is 2.35. The van der Waals surface area contributed by atoms with E-state index in [0.29, 0.717) is 12.8 Å². The van der Waals surface area contributed by atoms with Crippen molar-refractivity contribution in [1.29, 1.82) is 0 Å². The second-order valence-corrected chi connectivity index (χ2v) is 6.04. The first kappa shape index (κ1) is 15.1. The van der Waals surface area contributed by atoms with Gasteiger partial charge in [-0.3, -0.25) is 13.8 Å². The number of hydrogen-bond donors (Lipinski definition) is 0. The molecule has 1 fully saturated rings. The SMILES string of the molecule is CCOC(=O)C1(COS(C)(=O)=O)CCCCC1=O. The van der Waals surface area contributed by atoms with Crippen LogP contribution in [0.3, 0.4) is 0 Å². The fourth-order valence-corrected chi connectivity index (χ4v) is 2.41. The Morgan fingerprint density at radius 2 is 2.06 bits per heavy atom. The predicted molar refractivity (Wildman–Crippen MR) is 63.3 cm³/mol. The zero-order valence-electron chi connectivity index (χ0n) is 10.6. The average molecular weight is 278 g/mol. The van der Waals surface area contributed by atoms with Gasteiger partial charge in [-0.05, 0) is 19.8 Å². The van der Waals surface area contributed by atoms with Gasteiger partial charge in [0, 0.05) is 6.42 Å². The van der Waals surface area contributed by atoms with Gasteiger partial charge in [0.05, 0.1) is 19.5 Å². The summed E-state index contributed by atoms with van der Waals surface area (Å²) >= 11 is 0. The van der Waals surface area contributed by atoms with Gasteiger partial charge in [-0.2, -0.15) is 8.42 Å². The molecule has 1 rings (SSSR count). The summed E-state index contributed by atoms with van der Waals surface area (Å²) < 4.78 is 31.6. The normalized spacial score (nSPS) is 24.9. The lowest BCUT2D eigenvalue weighted by Crippen LogP contribution is -2.47. The lowest BCUT2D eigenvalue weighted by Gasteiger charge is -2.32. The molecule has 0 spiro atoms. The second-order valence-electron chi connectivity index (χ2n) is 4.40. The van der Waals surface area contributed by atoms with E-state index in [-0.39, 0.29) is 25.2 Å². The molecule has 1 atom stereocenters. The minimum Gasteiger partial charge on any atom is -0.465 e. The number of Topliss-reactive ketones (excluding diaryl/α,β-unsaturated/α-hetero) is 1. The molecule has 7 heteroatoms. The van der Waals surface area contributed by atoms with E-state index in [1.807, 2.05) is 0 Å². The van der Waals surface area contributed by atoms with Gasteiger partial charge in [0.2, 0.25) is 0 Å². The third-order valence-electron chi connectivity index (χ3n) is 2.98. The highest BCUT2D eigenvalue weighted by Gasteiger charge is 2.49. The van der Waals surface area contributed by atoms with Crippen LogP contribution < -0.4 is 0 Å². The minimum absolute atomic E-state index is 0.146. The van der Waals surface area contributed by atoms with E-state index >= 15 is 0 Å². The molecular formula is C11H18O6S. The summed E-state index contributed by atoms with van der Waals surface area (Å²) in [6.07, 6.45) is 2.81. The molecule has 0 radical (unpaired) electrons. The Balaban J connectivity index is 2.93. The van der Waals surface area contributed by atoms with Gasteiger partial charge < -0.3 is 4.74 Å². The topological polar surface area (TPSA) is 86.7 Å². The summed E-state index contributed by atoms with van der Waals surface area (Å²) in [6.45, 7) is 1.33. The monoisotopic (exact) mass is 278 g/mol. The molecule has 0 aromatic heterocycles. The number of ether oxygens (including phenoxy) is 1. The van der Waals surface area contributed by atoms with Crippen LogP contribution >= 0.6 is 0 Å². The van der Waals surface area contributed by atoms with Gasteiger partial charge in [0.25, 0.3) is 10.1 Å². The highest BCUT2D eigenvalue weighted by atomic mass is 32.2. The Morgan fingerprint density at radius 3 is 2.56 bits per heavy atom. The maximum absolute atomic E-state index is 12.0. The molecule has 1 aliphatic carbocycles. The summed E-state index contributed by atoms with van der Waals surface area (Å²) in [5, 5.41) is 0. The van der Waals surface area contributed by atoms with E-state index < -0.39 is 28.1 Å². The first-order valence-corrected chi connectivity index (χ1v) is 7.68.